The van der Waals surface area contributed by atoms with Crippen molar-refractivity contribution in [1.29, 1.82) is 0 Å². The molecule has 0 radical (unpaired) electrons. The van der Waals surface area contributed by atoms with Gasteiger partial charge in [-0.1, -0.05) is 0 Å². The lowest BCUT2D eigenvalue weighted by Gasteiger charge is -2.19. The number of rotatable bonds is 5. The summed E-state index contributed by atoms with van der Waals surface area (Å²) in [5.74, 6) is 0. The van der Waals surface area contributed by atoms with Crippen LogP contribution in [-0.2, 0) is 13.6 Å². The molecule has 13 heavy (non-hydrogen) atoms. The summed E-state index contributed by atoms with van der Waals surface area (Å²) in [4.78, 5) is 0. The van der Waals surface area contributed by atoms with Crippen molar-refractivity contribution in [2.75, 3.05) is 0 Å². The minimum atomic E-state index is -3.67. The van der Waals surface area contributed by atoms with Gasteiger partial charge in [-0.15, -0.1) is 0 Å². The molecule has 0 aliphatic heterocycles. The van der Waals surface area contributed by atoms with Gasteiger partial charge >= 0.3 is 7.60 Å². The maximum Gasteiger partial charge on any atom is 0.386 e. The van der Waals surface area contributed by atoms with Gasteiger partial charge in [0.05, 0.1) is 12.2 Å². The fourth-order valence-corrected chi connectivity index (χ4v) is 2.42. The Morgan fingerprint density at radius 1 is 1.08 bits per heavy atom. The van der Waals surface area contributed by atoms with E-state index in [1.807, 2.05) is 0 Å². The van der Waals surface area contributed by atoms with E-state index >= 15 is 0 Å². The summed E-state index contributed by atoms with van der Waals surface area (Å²) in [6, 6.07) is -2.01. The Labute approximate surface area is 76.2 Å². The molecule has 0 saturated heterocycles. The van der Waals surface area contributed by atoms with Gasteiger partial charge in [-0.3, -0.25) is 4.57 Å². The van der Waals surface area contributed by atoms with Gasteiger partial charge in [0.25, 0.3) is 6.03 Å². The molecule has 0 unspecified atom stereocenters. The standard InChI is InChI=1S/C7H13O5P/c8-7(9)13(10,11-5-1-2-5)12-6-3-4-6/h5-9H,1-4H2. The molecule has 0 aromatic rings. The molecular formula is C7H13O5P. The first-order valence-electron chi connectivity index (χ1n) is 4.43. The Balaban J connectivity index is 1.94. The summed E-state index contributed by atoms with van der Waals surface area (Å²) >= 11 is 0. The van der Waals surface area contributed by atoms with E-state index in [0.717, 1.165) is 25.7 Å². The second kappa shape index (κ2) is 3.33. The van der Waals surface area contributed by atoms with E-state index in [4.69, 9.17) is 19.3 Å². The topological polar surface area (TPSA) is 76.0 Å². The van der Waals surface area contributed by atoms with Crippen LogP contribution in [0.1, 0.15) is 25.7 Å². The largest absolute Gasteiger partial charge is 0.386 e. The number of aliphatic hydroxyl groups is 2. The van der Waals surface area contributed by atoms with Crippen molar-refractivity contribution < 1.29 is 23.8 Å². The van der Waals surface area contributed by atoms with Crippen LogP contribution in [0, 0.1) is 0 Å². The number of hydrogen-bond donors (Lipinski definition) is 2. The molecule has 6 heteroatoms. The Kier molecular flexibility index (Phi) is 2.47. The van der Waals surface area contributed by atoms with E-state index in [2.05, 4.69) is 0 Å². The molecule has 0 aromatic heterocycles. The highest BCUT2D eigenvalue weighted by Gasteiger charge is 2.44. The second-order valence-electron chi connectivity index (χ2n) is 3.50. The van der Waals surface area contributed by atoms with Crippen LogP contribution in [0.2, 0.25) is 0 Å². The zero-order valence-electron chi connectivity index (χ0n) is 7.13. The Hall–Kier alpha value is 0.0700. The van der Waals surface area contributed by atoms with E-state index in [1.165, 1.54) is 0 Å². The molecule has 76 valence electrons. The van der Waals surface area contributed by atoms with Crippen molar-refractivity contribution in [2.45, 2.75) is 43.9 Å². The molecule has 0 aromatic carbocycles. The number of hydrogen-bond acceptors (Lipinski definition) is 5. The average molecular weight is 208 g/mol. The minimum Gasteiger partial charge on any atom is -0.359 e. The molecule has 2 fully saturated rings. The first-order valence-corrected chi connectivity index (χ1v) is 6.04. The Morgan fingerprint density at radius 2 is 1.46 bits per heavy atom. The highest BCUT2D eigenvalue weighted by molar-refractivity contribution is 7.54. The average Bonchev–Trinajstić information content (AvgIpc) is 2.83. The highest BCUT2D eigenvalue weighted by atomic mass is 31.2. The quantitative estimate of drug-likeness (QED) is 0.516. The van der Waals surface area contributed by atoms with Crippen molar-refractivity contribution >= 4 is 7.60 Å². The normalized spacial score (nSPS) is 23.9. The molecule has 5 nitrogen and oxygen atoms in total. The third-order valence-corrected chi connectivity index (χ3v) is 3.67. The van der Waals surface area contributed by atoms with Crippen LogP contribution >= 0.6 is 7.60 Å². The number of aliphatic hydroxyl groups excluding tert-OH is 1. The van der Waals surface area contributed by atoms with E-state index in [1.54, 1.807) is 0 Å². The summed E-state index contributed by atoms with van der Waals surface area (Å²) in [5, 5.41) is 17.7. The monoisotopic (exact) mass is 208 g/mol. The van der Waals surface area contributed by atoms with Crippen LogP contribution < -0.4 is 0 Å². The van der Waals surface area contributed by atoms with Crippen molar-refractivity contribution in [3.8, 4) is 0 Å². The molecule has 2 N–H and O–H groups in total. The first-order chi connectivity index (χ1) is 6.10. The molecule has 0 heterocycles. The zero-order chi connectivity index (χ0) is 9.47. The van der Waals surface area contributed by atoms with Crippen LogP contribution in [0.4, 0.5) is 0 Å². The van der Waals surface area contributed by atoms with Crippen molar-refractivity contribution in [1.82, 2.24) is 0 Å². The molecule has 0 atom stereocenters. The fraction of sp³-hybridized carbons (Fsp3) is 1.00. The van der Waals surface area contributed by atoms with Crippen LogP contribution in [0.5, 0.6) is 0 Å². The molecule has 2 rings (SSSR count). The lowest BCUT2D eigenvalue weighted by molar-refractivity contribution is -0.00622. The second-order valence-corrected chi connectivity index (χ2v) is 5.46. The van der Waals surface area contributed by atoms with Gasteiger partial charge in [-0.05, 0) is 25.7 Å². The van der Waals surface area contributed by atoms with Crippen molar-refractivity contribution in [2.24, 2.45) is 0 Å². The molecule has 2 aliphatic rings. The minimum absolute atomic E-state index is 0.105. The van der Waals surface area contributed by atoms with Crippen molar-refractivity contribution in [3.63, 3.8) is 0 Å². The van der Waals surface area contributed by atoms with Gasteiger partial charge in [0.1, 0.15) is 0 Å². The first kappa shape index (κ1) is 9.62. The van der Waals surface area contributed by atoms with Gasteiger partial charge in [0, 0.05) is 0 Å². The molecule has 0 spiro atoms. The van der Waals surface area contributed by atoms with Gasteiger partial charge in [0.2, 0.25) is 0 Å². The molecule has 2 aliphatic carbocycles. The van der Waals surface area contributed by atoms with E-state index in [9.17, 15) is 4.57 Å². The van der Waals surface area contributed by atoms with Crippen LogP contribution in [0.3, 0.4) is 0 Å². The summed E-state index contributed by atoms with van der Waals surface area (Å²) in [6.45, 7) is 0. The van der Waals surface area contributed by atoms with Gasteiger partial charge in [0.15, 0.2) is 0 Å². The maximum atomic E-state index is 11.7. The fourth-order valence-electron chi connectivity index (χ4n) is 0.896. The lowest BCUT2D eigenvalue weighted by atomic mass is 10.9. The Morgan fingerprint density at radius 3 is 1.69 bits per heavy atom. The summed E-state index contributed by atoms with van der Waals surface area (Å²) in [6.07, 6.45) is 3.09. The molecule has 2 saturated carbocycles. The molecular weight excluding hydrogens is 195 g/mol. The maximum absolute atomic E-state index is 11.7. The van der Waals surface area contributed by atoms with E-state index in [0.29, 0.717) is 0 Å². The molecule has 0 amide bonds. The van der Waals surface area contributed by atoms with Crippen LogP contribution in [0.15, 0.2) is 0 Å². The van der Waals surface area contributed by atoms with Crippen LogP contribution in [0.25, 0.3) is 0 Å². The summed E-state index contributed by atoms with van der Waals surface area (Å²) in [7, 11) is -3.67. The third kappa shape index (κ3) is 2.51. The van der Waals surface area contributed by atoms with E-state index < -0.39 is 13.6 Å². The van der Waals surface area contributed by atoms with Gasteiger partial charge < -0.3 is 19.3 Å². The lowest BCUT2D eigenvalue weighted by Crippen LogP contribution is -2.13. The third-order valence-electron chi connectivity index (χ3n) is 1.92. The summed E-state index contributed by atoms with van der Waals surface area (Å²) in [5.41, 5.74) is 0. The predicted molar refractivity (Wildman–Crippen MR) is 44.0 cm³/mol. The zero-order valence-corrected chi connectivity index (χ0v) is 8.02. The SMILES string of the molecule is O=P(OC1CC1)(OC1CC1)C(O)O. The highest BCUT2D eigenvalue weighted by Crippen LogP contribution is 2.58. The van der Waals surface area contributed by atoms with Crippen molar-refractivity contribution in [3.05, 3.63) is 0 Å². The smallest absolute Gasteiger partial charge is 0.359 e. The Bertz CT molecular complexity index is 215. The van der Waals surface area contributed by atoms with Gasteiger partial charge in [-0.2, -0.15) is 0 Å². The molecule has 0 bridgehead atoms. The predicted octanol–water partition coefficient (Wildman–Crippen LogP) is 0.806. The van der Waals surface area contributed by atoms with Gasteiger partial charge in [-0.25, -0.2) is 0 Å². The van der Waals surface area contributed by atoms with E-state index in [-0.39, 0.29) is 12.2 Å². The van der Waals surface area contributed by atoms with Crippen LogP contribution in [-0.4, -0.2) is 28.5 Å². The summed E-state index contributed by atoms with van der Waals surface area (Å²) < 4.78 is 21.7.